The van der Waals surface area contributed by atoms with Gasteiger partial charge in [0.2, 0.25) is 0 Å². The van der Waals surface area contributed by atoms with Crippen LogP contribution in [0.4, 0.5) is 5.69 Å². The van der Waals surface area contributed by atoms with Gasteiger partial charge >= 0.3 is 0 Å². The van der Waals surface area contributed by atoms with Crippen LogP contribution in [-0.4, -0.2) is 27.0 Å². The minimum Gasteiger partial charge on any atom is -0.494 e. The fourth-order valence-electron chi connectivity index (χ4n) is 2.55. The molecule has 1 amide bonds. The summed E-state index contributed by atoms with van der Waals surface area (Å²) in [5, 5.41) is 2.86. The van der Waals surface area contributed by atoms with Crippen LogP contribution >= 0.6 is 0 Å². The van der Waals surface area contributed by atoms with Gasteiger partial charge in [-0.1, -0.05) is 6.07 Å². The van der Waals surface area contributed by atoms with Crippen molar-refractivity contribution in [3.05, 3.63) is 73.1 Å². The SMILES string of the molecule is O=C(Nc1cccc(OCCCCCn2ccnc2)c1)c1cccnc1. The van der Waals surface area contributed by atoms with E-state index in [0.29, 0.717) is 17.9 Å². The smallest absolute Gasteiger partial charge is 0.257 e. The first-order valence-electron chi connectivity index (χ1n) is 8.71. The van der Waals surface area contributed by atoms with Crippen LogP contribution in [0.25, 0.3) is 0 Å². The minimum absolute atomic E-state index is 0.185. The van der Waals surface area contributed by atoms with Gasteiger partial charge in [-0.15, -0.1) is 0 Å². The van der Waals surface area contributed by atoms with Gasteiger partial charge in [-0.25, -0.2) is 4.98 Å². The highest BCUT2D eigenvalue weighted by Gasteiger charge is 2.06. The number of unbranched alkanes of at least 4 members (excludes halogenated alkanes) is 2. The van der Waals surface area contributed by atoms with Crippen molar-refractivity contribution in [2.24, 2.45) is 0 Å². The van der Waals surface area contributed by atoms with Crippen LogP contribution in [0, 0.1) is 0 Å². The van der Waals surface area contributed by atoms with Crippen molar-refractivity contribution in [1.29, 1.82) is 0 Å². The molecule has 0 aliphatic heterocycles. The average molecular weight is 350 g/mol. The number of hydrogen-bond acceptors (Lipinski definition) is 4. The van der Waals surface area contributed by atoms with Crippen LogP contribution in [-0.2, 0) is 6.54 Å². The fraction of sp³-hybridized carbons (Fsp3) is 0.250. The Labute approximate surface area is 152 Å². The molecule has 134 valence electrons. The second-order valence-corrected chi connectivity index (χ2v) is 5.93. The Morgan fingerprint density at radius 3 is 2.85 bits per heavy atom. The molecule has 0 bridgehead atoms. The molecule has 0 radical (unpaired) electrons. The van der Waals surface area contributed by atoms with Crippen molar-refractivity contribution < 1.29 is 9.53 Å². The van der Waals surface area contributed by atoms with Crippen molar-refractivity contribution in [2.45, 2.75) is 25.8 Å². The quantitative estimate of drug-likeness (QED) is 0.596. The third-order valence-corrected chi connectivity index (χ3v) is 3.90. The summed E-state index contributed by atoms with van der Waals surface area (Å²) in [7, 11) is 0. The lowest BCUT2D eigenvalue weighted by Gasteiger charge is -2.09. The number of benzene rings is 1. The van der Waals surface area contributed by atoms with Crippen molar-refractivity contribution in [3.8, 4) is 5.75 Å². The lowest BCUT2D eigenvalue weighted by atomic mass is 10.2. The summed E-state index contributed by atoms with van der Waals surface area (Å²) in [4.78, 5) is 20.1. The number of amides is 1. The van der Waals surface area contributed by atoms with Gasteiger partial charge < -0.3 is 14.6 Å². The molecule has 6 nitrogen and oxygen atoms in total. The van der Waals surface area contributed by atoms with Crippen molar-refractivity contribution in [1.82, 2.24) is 14.5 Å². The summed E-state index contributed by atoms with van der Waals surface area (Å²) in [6.07, 6.45) is 12.0. The molecule has 0 fully saturated rings. The highest BCUT2D eigenvalue weighted by atomic mass is 16.5. The second kappa shape index (κ2) is 9.36. The number of nitrogens with one attached hydrogen (secondary N) is 1. The number of aryl methyl sites for hydroxylation is 1. The maximum atomic E-state index is 12.2. The van der Waals surface area contributed by atoms with Gasteiger partial charge in [0.1, 0.15) is 5.75 Å². The Morgan fingerprint density at radius 2 is 2.04 bits per heavy atom. The van der Waals surface area contributed by atoms with Crippen LogP contribution in [0.5, 0.6) is 5.75 Å². The van der Waals surface area contributed by atoms with Gasteiger partial charge in [-0.3, -0.25) is 9.78 Å². The van der Waals surface area contributed by atoms with Crippen LogP contribution in [0.1, 0.15) is 29.6 Å². The van der Waals surface area contributed by atoms with Crippen LogP contribution in [0.15, 0.2) is 67.5 Å². The molecule has 0 saturated heterocycles. The van der Waals surface area contributed by atoms with Crippen LogP contribution in [0.2, 0.25) is 0 Å². The van der Waals surface area contributed by atoms with E-state index in [4.69, 9.17) is 4.74 Å². The molecule has 0 unspecified atom stereocenters. The molecular weight excluding hydrogens is 328 g/mol. The third kappa shape index (κ3) is 5.44. The zero-order valence-electron chi connectivity index (χ0n) is 14.5. The van der Waals surface area contributed by atoms with Crippen molar-refractivity contribution in [2.75, 3.05) is 11.9 Å². The summed E-state index contributed by atoms with van der Waals surface area (Å²) in [6, 6.07) is 10.9. The maximum Gasteiger partial charge on any atom is 0.257 e. The topological polar surface area (TPSA) is 69.0 Å². The molecule has 6 heteroatoms. The molecule has 0 atom stereocenters. The largest absolute Gasteiger partial charge is 0.494 e. The number of pyridine rings is 1. The number of hydrogen-bond donors (Lipinski definition) is 1. The predicted molar refractivity (Wildman–Crippen MR) is 100 cm³/mol. The monoisotopic (exact) mass is 350 g/mol. The number of ether oxygens (including phenoxy) is 1. The summed E-state index contributed by atoms with van der Waals surface area (Å²) < 4.78 is 7.87. The number of nitrogens with zero attached hydrogens (tertiary/aromatic N) is 3. The van der Waals surface area contributed by atoms with E-state index in [2.05, 4.69) is 19.9 Å². The first-order chi connectivity index (χ1) is 12.8. The zero-order chi connectivity index (χ0) is 18.0. The van der Waals surface area contributed by atoms with E-state index in [1.54, 1.807) is 30.7 Å². The minimum atomic E-state index is -0.185. The molecular formula is C20H22N4O2. The van der Waals surface area contributed by atoms with Crippen LogP contribution < -0.4 is 10.1 Å². The molecule has 1 N–H and O–H groups in total. The number of aromatic nitrogens is 3. The van der Waals surface area contributed by atoms with Crippen molar-refractivity contribution in [3.63, 3.8) is 0 Å². The van der Waals surface area contributed by atoms with E-state index < -0.39 is 0 Å². The molecule has 0 aliphatic rings. The lowest BCUT2D eigenvalue weighted by molar-refractivity contribution is 0.102. The maximum absolute atomic E-state index is 12.2. The van der Waals surface area contributed by atoms with Crippen molar-refractivity contribution >= 4 is 11.6 Å². The molecule has 2 heterocycles. The fourth-order valence-corrected chi connectivity index (χ4v) is 2.55. The Balaban J connectivity index is 1.40. The molecule has 1 aromatic carbocycles. The second-order valence-electron chi connectivity index (χ2n) is 5.93. The van der Waals surface area contributed by atoms with E-state index >= 15 is 0 Å². The molecule has 2 aromatic heterocycles. The van der Waals surface area contributed by atoms with E-state index in [1.165, 1.54) is 0 Å². The Morgan fingerprint density at radius 1 is 1.08 bits per heavy atom. The Hall–Kier alpha value is -3.15. The number of imidazole rings is 1. The highest BCUT2D eigenvalue weighted by Crippen LogP contribution is 2.18. The predicted octanol–water partition coefficient (Wildman–Crippen LogP) is 3.78. The number of rotatable bonds is 9. The summed E-state index contributed by atoms with van der Waals surface area (Å²) >= 11 is 0. The molecule has 3 rings (SSSR count). The third-order valence-electron chi connectivity index (χ3n) is 3.90. The molecule has 0 aliphatic carbocycles. The first-order valence-corrected chi connectivity index (χ1v) is 8.71. The summed E-state index contributed by atoms with van der Waals surface area (Å²) in [5.74, 6) is 0.568. The Kier molecular flexibility index (Phi) is 6.36. The van der Waals surface area contributed by atoms with Crippen LogP contribution in [0.3, 0.4) is 0 Å². The summed E-state index contributed by atoms with van der Waals surface area (Å²) in [6.45, 7) is 1.64. The average Bonchev–Trinajstić information content (AvgIpc) is 3.19. The Bertz CT molecular complexity index is 804. The van der Waals surface area contributed by atoms with Gasteiger partial charge in [-0.05, 0) is 43.5 Å². The molecule has 26 heavy (non-hydrogen) atoms. The molecule has 0 saturated carbocycles. The normalized spacial score (nSPS) is 10.5. The number of carbonyl (C=O) groups excluding carboxylic acids is 1. The number of anilines is 1. The summed E-state index contributed by atoms with van der Waals surface area (Å²) in [5.41, 5.74) is 1.23. The highest BCUT2D eigenvalue weighted by molar-refractivity contribution is 6.04. The van der Waals surface area contributed by atoms with Gasteiger partial charge in [0.15, 0.2) is 0 Å². The standard InChI is InChI=1S/C20H22N4O2/c25-20(17-6-5-9-21-15-17)23-18-7-4-8-19(14-18)26-13-3-1-2-11-24-12-10-22-16-24/h4-10,12,14-16H,1-3,11,13H2,(H,23,25). The van der Waals surface area contributed by atoms with Gasteiger partial charge in [0.05, 0.1) is 18.5 Å². The lowest BCUT2D eigenvalue weighted by Crippen LogP contribution is -2.12. The zero-order valence-corrected chi connectivity index (χ0v) is 14.5. The van der Waals surface area contributed by atoms with Gasteiger partial charge in [0.25, 0.3) is 5.91 Å². The first kappa shape index (κ1) is 17.7. The van der Waals surface area contributed by atoms with E-state index in [9.17, 15) is 4.79 Å². The molecule has 0 spiro atoms. The number of carbonyl (C=O) groups is 1. The van der Waals surface area contributed by atoms with Gasteiger partial charge in [0, 0.05) is 43.1 Å². The molecule has 3 aromatic rings. The van der Waals surface area contributed by atoms with E-state index in [-0.39, 0.29) is 5.91 Å². The van der Waals surface area contributed by atoms with Gasteiger partial charge in [-0.2, -0.15) is 0 Å². The van der Waals surface area contributed by atoms with E-state index in [1.807, 2.05) is 36.8 Å². The van der Waals surface area contributed by atoms with E-state index in [0.717, 1.165) is 31.6 Å².